The maximum Gasteiger partial charge on any atom is 0.306 e. The molecule has 304 valence electrons. The van der Waals surface area contributed by atoms with Crippen LogP contribution in [0.5, 0.6) is 0 Å². The molecule has 1 unspecified atom stereocenters. The second-order valence-electron chi connectivity index (χ2n) is 15.1. The molecule has 0 aromatic rings. The number of aliphatic hydroxyl groups excluding tert-OH is 1. The van der Waals surface area contributed by atoms with Crippen molar-refractivity contribution in [3.63, 3.8) is 0 Å². The van der Waals surface area contributed by atoms with Gasteiger partial charge in [0.25, 0.3) is 0 Å². The summed E-state index contributed by atoms with van der Waals surface area (Å²) >= 11 is 0. The van der Waals surface area contributed by atoms with Gasteiger partial charge in [-0.1, -0.05) is 191 Å². The van der Waals surface area contributed by atoms with Crippen LogP contribution < -0.4 is 0 Å². The first kappa shape index (κ1) is 50.4. The van der Waals surface area contributed by atoms with Gasteiger partial charge in [0.05, 0.1) is 13.2 Å². The van der Waals surface area contributed by atoms with E-state index >= 15 is 0 Å². The first-order valence-electron chi connectivity index (χ1n) is 22.7. The Hall–Kier alpha value is -1.65. The van der Waals surface area contributed by atoms with Crippen LogP contribution in [0.1, 0.15) is 226 Å². The van der Waals surface area contributed by atoms with Gasteiger partial charge in [0, 0.05) is 13.0 Å². The van der Waals surface area contributed by atoms with Gasteiger partial charge in [-0.15, -0.1) is 0 Å². The van der Waals surface area contributed by atoms with Gasteiger partial charge in [-0.25, -0.2) is 0 Å². The minimum Gasteiger partial charge on any atom is -0.457 e. The summed E-state index contributed by atoms with van der Waals surface area (Å²) in [6.07, 6.45) is 58.9. The van der Waals surface area contributed by atoms with Gasteiger partial charge >= 0.3 is 5.97 Å². The van der Waals surface area contributed by atoms with Crippen LogP contribution in [-0.4, -0.2) is 37.0 Å². The normalized spacial score (nSPS) is 12.8. The van der Waals surface area contributed by atoms with Crippen molar-refractivity contribution in [2.45, 2.75) is 232 Å². The molecule has 0 aliphatic heterocycles. The molecule has 52 heavy (non-hydrogen) atoms. The summed E-state index contributed by atoms with van der Waals surface area (Å²) in [6.45, 7) is 5.33. The summed E-state index contributed by atoms with van der Waals surface area (Å²) in [6, 6.07) is 0. The summed E-state index contributed by atoms with van der Waals surface area (Å²) in [5, 5.41) is 9.61. The standard InChI is InChI=1S/C48H88O4/c1-3-5-7-9-11-13-15-17-19-21-22-23-24-25-26-27-28-30-32-34-36-38-40-42-44-51-46-47(45-49)52-48(50)43-41-39-37-35-33-31-29-20-18-16-14-12-10-8-6-4-2/h15,17,20-22,24-25,29,47,49H,3-14,16,18-19,23,26-28,30-46H2,1-2H3/b17-15-,22-21-,25-24-,29-20-. The number of carbonyl (C=O) groups excluding carboxylic acids is 1. The third-order valence-electron chi connectivity index (χ3n) is 9.88. The lowest BCUT2D eigenvalue weighted by atomic mass is 10.1. The Bertz CT molecular complexity index is 813. The Morgan fingerprint density at radius 3 is 1.23 bits per heavy atom. The molecule has 0 bridgehead atoms. The molecule has 0 aromatic heterocycles. The van der Waals surface area contributed by atoms with Crippen molar-refractivity contribution in [1.29, 1.82) is 0 Å². The van der Waals surface area contributed by atoms with E-state index in [0.29, 0.717) is 13.0 Å². The number of hydrogen-bond donors (Lipinski definition) is 1. The van der Waals surface area contributed by atoms with Gasteiger partial charge in [-0.2, -0.15) is 0 Å². The molecule has 0 aliphatic carbocycles. The molecule has 0 saturated carbocycles. The molecule has 0 amide bonds. The molecule has 0 heterocycles. The smallest absolute Gasteiger partial charge is 0.306 e. The van der Waals surface area contributed by atoms with Crippen LogP contribution in [0.25, 0.3) is 0 Å². The number of unbranched alkanes of at least 4 members (excludes halogenated alkanes) is 26. The van der Waals surface area contributed by atoms with E-state index in [2.05, 4.69) is 62.5 Å². The van der Waals surface area contributed by atoms with Gasteiger partial charge in [0.15, 0.2) is 0 Å². The first-order valence-corrected chi connectivity index (χ1v) is 22.7. The number of aliphatic hydroxyl groups is 1. The van der Waals surface area contributed by atoms with Crippen LogP contribution in [0.4, 0.5) is 0 Å². The number of hydrogen-bond acceptors (Lipinski definition) is 4. The summed E-state index contributed by atoms with van der Waals surface area (Å²) in [5.41, 5.74) is 0. The van der Waals surface area contributed by atoms with E-state index in [4.69, 9.17) is 9.47 Å². The predicted molar refractivity (Wildman–Crippen MR) is 228 cm³/mol. The van der Waals surface area contributed by atoms with Crippen molar-refractivity contribution in [3.05, 3.63) is 48.6 Å². The fourth-order valence-electron chi connectivity index (χ4n) is 6.45. The second kappa shape index (κ2) is 45.5. The Morgan fingerprint density at radius 2 is 0.808 bits per heavy atom. The highest BCUT2D eigenvalue weighted by atomic mass is 16.6. The van der Waals surface area contributed by atoms with Crippen LogP contribution in [0.15, 0.2) is 48.6 Å². The Morgan fingerprint density at radius 1 is 0.462 bits per heavy atom. The number of esters is 1. The van der Waals surface area contributed by atoms with E-state index in [-0.39, 0.29) is 19.2 Å². The van der Waals surface area contributed by atoms with Gasteiger partial charge in [-0.3, -0.25) is 4.79 Å². The monoisotopic (exact) mass is 729 g/mol. The number of carbonyl (C=O) groups is 1. The molecule has 0 fully saturated rings. The predicted octanol–water partition coefficient (Wildman–Crippen LogP) is 15.0. The average Bonchev–Trinajstić information content (AvgIpc) is 3.15. The van der Waals surface area contributed by atoms with Crippen LogP contribution in [-0.2, 0) is 14.3 Å². The van der Waals surface area contributed by atoms with E-state index in [1.165, 1.54) is 173 Å². The van der Waals surface area contributed by atoms with E-state index < -0.39 is 6.10 Å². The zero-order valence-electron chi connectivity index (χ0n) is 34.8. The quantitative estimate of drug-likeness (QED) is 0.0386. The highest BCUT2D eigenvalue weighted by Gasteiger charge is 2.13. The zero-order valence-corrected chi connectivity index (χ0v) is 34.8. The van der Waals surface area contributed by atoms with E-state index in [0.717, 1.165) is 32.1 Å². The summed E-state index contributed by atoms with van der Waals surface area (Å²) < 4.78 is 11.2. The maximum absolute atomic E-state index is 12.2. The Labute approximate surface area is 324 Å². The van der Waals surface area contributed by atoms with Crippen LogP contribution in [0, 0.1) is 0 Å². The van der Waals surface area contributed by atoms with Crippen molar-refractivity contribution in [2.75, 3.05) is 19.8 Å². The summed E-state index contributed by atoms with van der Waals surface area (Å²) in [7, 11) is 0. The van der Waals surface area contributed by atoms with Gasteiger partial charge in [0.1, 0.15) is 6.10 Å². The molecular formula is C48H88O4. The molecule has 0 spiro atoms. The molecule has 1 atom stereocenters. The van der Waals surface area contributed by atoms with Crippen molar-refractivity contribution in [3.8, 4) is 0 Å². The number of ether oxygens (including phenoxy) is 2. The molecular weight excluding hydrogens is 641 g/mol. The third-order valence-corrected chi connectivity index (χ3v) is 9.88. The van der Waals surface area contributed by atoms with E-state index in [9.17, 15) is 9.90 Å². The minimum absolute atomic E-state index is 0.177. The minimum atomic E-state index is -0.542. The molecule has 0 aromatic carbocycles. The molecule has 0 saturated heterocycles. The van der Waals surface area contributed by atoms with E-state index in [1.54, 1.807) is 0 Å². The topological polar surface area (TPSA) is 55.8 Å². The van der Waals surface area contributed by atoms with Crippen molar-refractivity contribution in [1.82, 2.24) is 0 Å². The van der Waals surface area contributed by atoms with Crippen molar-refractivity contribution >= 4 is 5.97 Å². The molecule has 4 nitrogen and oxygen atoms in total. The van der Waals surface area contributed by atoms with Crippen LogP contribution in [0.2, 0.25) is 0 Å². The lowest BCUT2D eigenvalue weighted by Crippen LogP contribution is -2.27. The average molecular weight is 729 g/mol. The van der Waals surface area contributed by atoms with Gasteiger partial charge in [0.2, 0.25) is 0 Å². The Kier molecular flexibility index (Phi) is 44.1. The van der Waals surface area contributed by atoms with Gasteiger partial charge in [-0.05, 0) is 77.0 Å². The van der Waals surface area contributed by atoms with Crippen molar-refractivity contribution < 1.29 is 19.4 Å². The first-order chi connectivity index (χ1) is 25.7. The Balaban J connectivity index is 3.45. The number of allylic oxidation sites excluding steroid dienone is 8. The SMILES string of the molecule is CCCCCCC/C=C\C/C=C\C/C=C\CCCCCCCCCCCOCC(CO)OC(=O)CCCCCCC/C=C\CCCCCCCCC. The molecule has 0 aliphatic rings. The number of rotatable bonds is 42. The van der Waals surface area contributed by atoms with Crippen molar-refractivity contribution in [2.24, 2.45) is 0 Å². The lowest BCUT2D eigenvalue weighted by Gasteiger charge is -2.15. The van der Waals surface area contributed by atoms with Crippen LogP contribution >= 0.6 is 0 Å². The maximum atomic E-state index is 12.2. The third kappa shape index (κ3) is 42.8. The van der Waals surface area contributed by atoms with Gasteiger partial charge < -0.3 is 14.6 Å². The molecule has 0 rings (SSSR count). The van der Waals surface area contributed by atoms with E-state index in [1.807, 2.05) is 0 Å². The lowest BCUT2D eigenvalue weighted by molar-refractivity contribution is -0.154. The molecule has 4 heteroatoms. The highest BCUT2D eigenvalue weighted by Crippen LogP contribution is 2.13. The second-order valence-corrected chi connectivity index (χ2v) is 15.1. The van der Waals surface area contributed by atoms with Crippen LogP contribution in [0.3, 0.4) is 0 Å². The fourth-order valence-corrected chi connectivity index (χ4v) is 6.45. The zero-order chi connectivity index (χ0) is 37.7. The summed E-state index contributed by atoms with van der Waals surface area (Å²) in [4.78, 5) is 12.2. The fraction of sp³-hybridized carbons (Fsp3) is 0.812. The molecule has 0 radical (unpaired) electrons. The summed E-state index contributed by atoms with van der Waals surface area (Å²) in [5.74, 6) is -0.210. The highest BCUT2D eigenvalue weighted by molar-refractivity contribution is 5.69. The molecule has 1 N–H and O–H groups in total. The largest absolute Gasteiger partial charge is 0.457 e.